The third-order valence-electron chi connectivity index (χ3n) is 3.63. The van der Waals surface area contributed by atoms with Gasteiger partial charge in [-0.3, -0.25) is 4.79 Å². The van der Waals surface area contributed by atoms with Crippen LogP contribution in [0, 0.1) is 0 Å². The first kappa shape index (κ1) is 15.6. The molecular formula is C18H16N2O4. The molecule has 1 fully saturated rings. The summed E-state index contributed by atoms with van der Waals surface area (Å²) in [4.78, 5) is 25.8. The van der Waals surface area contributed by atoms with Gasteiger partial charge in [0.2, 0.25) is 0 Å². The molecule has 1 N–H and O–H groups in total. The molecule has 0 atom stereocenters. The minimum absolute atomic E-state index is 0.176. The summed E-state index contributed by atoms with van der Waals surface area (Å²) in [7, 11) is 3.06. The molecule has 0 aromatic heterocycles. The monoisotopic (exact) mass is 324 g/mol. The molecule has 0 spiro atoms. The molecule has 3 amide bonds. The van der Waals surface area contributed by atoms with Crippen LogP contribution in [0.15, 0.2) is 54.2 Å². The second kappa shape index (κ2) is 6.45. The molecule has 1 saturated heterocycles. The number of ether oxygens (including phenoxy) is 2. The molecular weight excluding hydrogens is 308 g/mol. The fourth-order valence-electron chi connectivity index (χ4n) is 2.53. The summed E-state index contributed by atoms with van der Waals surface area (Å²) in [6.45, 7) is 0. The molecule has 0 radical (unpaired) electrons. The van der Waals surface area contributed by atoms with E-state index in [0.29, 0.717) is 22.7 Å². The lowest BCUT2D eigenvalue weighted by molar-refractivity contribution is -0.113. The molecule has 0 saturated carbocycles. The summed E-state index contributed by atoms with van der Waals surface area (Å²) < 4.78 is 10.6. The van der Waals surface area contributed by atoms with Crippen molar-refractivity contribution in [1.29, 1.82) is 0 Å². The SMILES string of the molecule is COc1cccc(C=C2NC(=O)N(c3ccccc3)C2=O)c1OC. The van der Waals surface area contributed by atoms with Crippen molar-refractivity contribution in [3.8, 4) is 11.5 Å². The molecule has 1 heterocycles. The van der Waals surface area contributed by atoms with Gasteiger partial charge in [0, 0.05) is 5.56 Å². The zero-order valence-electron chi connectivity index (χ0n) is 13.3. The van der Waals surface area contributed by atoms with Gasteiger partial charge in [-0.2, -0.15) is 0 Å². The van der Waals surface area contributed by atoms with Crippen LogP contribution in [0.3, 0.4) is 0 Å². The van der Waals surface area contributed by atoms with Gasteiger partial charge in [-0.25, -0.2) is 9.69 Å². The van der Waals surface area contributed by atoms with Gasteiger partial charge >= 0.3 is 6.03 Å². The number of rotatable bonds is 4. The van der Waals surface area contributed by atoms with Gasteiger partial charge in [0.05, 0.1) is 19.9 Å². The zero-order chi connectivity index (χ0) is 17.1. The maximum Gasteiger partial charge on any atom is 0.333 e. The third-order valence-corrected chi connectivity index (χ3v) is 3.63. The van der Waals surface area contributed by atoms with E-state index in [4.69, 9.17) is 9.47 Å². The number of carbonyl (C=O) groups is 2. The highest BCUT2D eigenvalue weighted by molar-refractivity contribution is 6.28. The van der Waals surface area contributed by atoms with Crippen molar-refractivity contribution in [1.82, 2.24) is 5.32 Å². The van der Waals surface area contributed by atoms with E-state index in [1.54, 1.807) is 48.5 Å². The molecule has 0 bridgehead atoms. The lowest BCUT2D eigenvalue weighted by Crippen LogP contribution is -2.30. The lowest BCUT2D eigenvalue weighted by Gasteiger charge is -2.11. The van der Waals surface area contributed by atoms with Gasteiger partial charge in [-0.1, -0.05) is 30.3 Å². The highest BCUT2D eigenvalue weighted by Crippen LogP contribution is 2.32. The molecule has 24 heavy (non-hydrogen) atoms. The summed E-state index contributed by atoms with van der Waals surface area (Å²) in [5.41, 5.74) is 1.33. The van der Waals surface area contributed by atoms with Gasteiger partial charge in [0.1, 0.15) is 5.70 Å². The second-order valence-corrected chi connectivity index (χ2v) is 5.05. The van der Waals surface area contributed by atoms with Gasteiger partial charge in [-0.15, -0.1) is 0 Å². The van der Waals surface area contributed by atoms with Crippen molar-refractivity contribution in [3.05, 3.63) is 59.8 Å². The van der Waals surface area contributed by atoms with Crippen LogP contribution in [-0.2, 0) is 4.79 Å². The molecule has 2 aromatic rings. The second-order valence-electron chi connectivity index (χ2n) is 5.05. The highest BCUT2D eigenvalue weighted by Gasteiger charge is 2.34. The number of amides is 3. The van der Waals surface area contributed by atoms with E-state index in [9.17, 15) is 9.59 Å². The van der Waals surface area contributed by atoms with E-state index in [2.05, 4.69) is 5.32 Å². The van der Waals surface area contributed by atoms with Gasteiger partial charge in [0.15, 0.2) is 11.5 Å². The predicted molar refractivity (Wildman–Crippen MR) is 90.0 cm³/mol. The number of nitrogens with one attached hydrogen (secondary N) is 1. The molecule has 6 nitrogen and oxygen atoms in total. The van der Waals surface area contributed by atoms with E-state index < -0.39 is 11.9 Å². The number of hydrogen-bond acceptors (Lipinski definition) is 4. The maximum absolute atomic E-state index is 12.6. The van der Waals surface area contributed by atoms with Crippen LogP contribution < -0.4 is 19.7 Å². The Morgan fingerprint density at radius 1 is 0.958 bits per heavy atom. The molecule has 2 aromatic carbocycles. The van der Waals surface area contributed by atoms with Crippen LogP contribution in [0.2, 0.25) is 0 Å². The van der Waals surface area contributed by atoms with Gasteiger partial charge < -0.3 is 14.8 Å². The first-order valence-corrected chi connectivity index (χ1v) is 7.29. The number of anilines is 1. The van der Waals surface area contributed by atoms with E-state index in [1.165, 1.54) is 14.2 Å². The quantitative estimate of drug-likeness (QED) is 0.694. The Hall–Kier alpha value is -3.28. The third kappa shape index (κ3) is 2.69. The average molecular weight is 324 g/mol. The van der Waals surface area contributed by atoms with E-state index in [1.807, 2.05) is 6.07 Å². The summed E-state index contributed by atoms with van der Waals surface area (Å²) in [5.74, 6) is 0.618. The number of imide groups is 1. The Morgan fingerprint density at radius 2 is 1.71 bits per heavy atom. The zero-order valence-corrected chi connectivity index (χ0v) is 13.3. The minimum atomic E-state index is -0.487. The summed E-state index contributed by atoms with van der Waals surface area (Å²) in [6.07, 6.45) is 1.57. The van der Waals surface area contributed by atoms with Crippen molar-refractivity contribution in [2.24, 2.45) is 0 Å². The fourth-order valence-corrected chi connectivity index (χ4v) is 2.53. The minimum Gasteiger partial charge on any atom is -0.493 e. The van der Waals surface area contributed by atoms with E-state index >= 15 is 0 Å². The summed E-state index contributed by atoms with van der Waals surface area (Å²) >= 11 is 0. The number of carbonyl (C=O) groups excluding carboxylic acids is 2. The number of benzene rings is 2. The Bertz CT molecular complexity index is 815. The molecule has 6 heteroatoms. The van der Waals surface area contributed by atoms with Crippen molar-refractivity contribution in [2.75, 3.05) is 19.1 Å². The maximum atomic E-state index is 12.6. The first-order chi connectivity index (χ1) is 11.7. The van der Waals surface area contributed by atoms with Crippen molar-refractivity contribution < 1.29 is 19.1 Å². The lowest BCUT2D eigenvalue weighted by atomic mass is 10.1. The van der Waals surface area contributed by atoms with Crippen LogP contribution in [-0.4, -0.2) is 26.2 Å². The standard InChI is InChI=1S/C18H16N2O4/c1-23-15-10-6-7-12(16(15)24-2)11-14-17(21)20(18(22)19-14)13-8-4-3-5-9-13/h3-11H,1-2H3,(H,19,22). The fraction of sp³-hybridized carbons (Fsp3) is 0.111. The van der Waals surface area contributed by atoms with Crippen molar-refractivity contribution >= 4 is 23.7 Å². The molecule has 1 aliphatic heterocycles. The van der Waals surface area contributed by atoms with Crippen molar-refractivity contribution in [3.63, 3.8) is 0 Å². The number of urea groups is 1. The molecule has 122 valence electrons. The van der Waals surface area contributed by atoms with Crippen LogP contribution in [0.5, 0.6) is 11.5 Å². The van der Waals surface area contributed by atoms with Gasteiger partial charge in [-0.05, 0) is 24.3 Å². The molecule has 1 aliphatic rings. The normalized spacial score (nSPS) is 15.6. The smallest absolute Gasteiger partial charge is 0.333 e. The van der Waals surface area contributed by atoms with Crippen molar-refractivity contribution in [2.45, 2.75) is 0 Å². The van der Waals surface area contributed by atoms with E-state index in [0.717, 1.165) is 4.90 Å². The number of para-hydroxylation sites is 2. The largest absolute Gasteiger partial charge is 0.493 e. The molecule has 0 aliphatic carbocycles. The van der Waals surface area contributed by atoms with Crippen LogP contribution in [0.4, 0.5) is 10.5 Å². The predicted octanol–water partition coefficient (Wildman–Crippen LogP) is 2.80. The van der Waals surface area contributed by atoms with Crippen LogP contribution in [0.25, 0.3) is 6.08 Å². The Morgan fingerprint density at radius 3 is 2.38 bits per heavy atom. The molecule has 0 unspecified atom stereocenters. The summed E-state index contributed by atoms with van der Waals surface area (Å²) in [6, 6.07) is 13.6. The average Bonchev–Trinajstić information content (AvgIpc) is 2.89. The van der Waals surface area contributed by atoms with Crippen LogP contribution >= 0.6 is 0 Å². The Balaban J connectivity index is 1.98. The van der Waals surface area contributed by atoms with Gasteiger partial charge in [0.25, 0.3) is 5.91 Å². The van der Waals surface area contributed by atoms with Crippen LogP contribution in [0.1, 0.15) is 5.56 Å². The Kier molecular flexibility index (Phi) is 4.20. The van der Waals surface area contributed by atoms with E-state index in [-0.39, 0.29) is 5.70 Å². The number of methoxy groups -OCH3 is 2. The Labute approximate surface area is 139 Å². The topological polar surface area (TPSA) is 67.9 Å². The number of hydrogen-bond donors (Lipinski definition) is 1. The number of nitrogens with zero attached hydrogens (tertiary/aromatic N) is 1. The highest BCUT2D eigenvalue weighted by atomic mass is 16.5. The molecule has 3 rings (SSSR count). The first-order valence-electron chi connectivity index (χ1n) is 7.29. The summed E-state index contributed by atoms with van der Waals surface area (Å²) in [5, 5.41) is 2.59.